The summed E-state index contributed by atoms with van der Waals surface area (Å²) in [6, 6.07) is 2.06. The first-order chi connectivity index (χ1) is 9.29. The Balaban J connectivity index is 2.30. The van der Waals surface area contributed by atoms with Gasteiger partial charge in [-0.2, -0.15) is 5.10 Å². The maximum Gasteiger partial charge on any atom is 0.152 e. The van der Waals surface area contributed by atoms with Crippen LogP contribution in [0.1, 0.15) is 33.4 Å². The fourth-order valence-electron chi connectivity index (χ4n) is 1.78. The summed E-state index contributed by atoms with van der Waals surface area (Å²) in [5.41, 5.74) is 1.98. The molecule has 20 heavy (non-hydrogen) atoms. The third kappa shape index (κ3) is 3.17. The number of nitrogens with one attached hydrogen (secondary N) is 1. The molecule has 5 nitrogen and oxygen atoms in total. The Hall–Kier alpha value is -1.43. The van der Waals surface area contributed by atoms with Crippen molar-refractivity contribution in [3.8, 4) is 0 Å². The fourth-order valence-corrected chi connectivity index (χ4v) is 2.10. The van der Waals surface area contributed by atoms with Crippen LogP contribution in [0, 0.1) is 0 Å². The van der Waals surface area contributed by atoms with Gasteiger partial charge >= 0.3 is 0 Å². The molecule has 0 bridgehead atoms. The van der Waals surface area contributed by atoms with Crippen molar-refractivity contribution in [2.75, 3.05) is 18.1 Å². The molecular weight excluding hydrogens is 272 g/mol. The summed E-state index contributed by atoms with van der Waals surface area (Å²) in [4.78, 5) is 4.36. The highest BCUT2D eigenvalue weighted by Gasteiger charge is 2.19. The lowest BCUT2D eigenvalue weighted by Crippen LogP contribution is -2.21. The molecule has 0 aromatic carbocycles. The van der Waals surface area contributed by atoms with E-state index >= 15 is 0 Å². The second-order valence-corrected chi connectivity index (χ2v) is 7.88. The van der Waals surface area contributed by atoms with E-state index < -0.39 is 10.8 Å². The normalized spacial score (nSPS) is 15.2. The van der Waals surface area contributed by atoms with E-state index in [1.807, 2.05) is 17.6 Å². The van der Waals surface area contributed by atoms with Gasteiger partial charge in [-0.1, -0.05) is 20.8 Å². The molecule has 2 heterocycles. The van der Waals surface area contributed by atoms with Gasteiger partial charge in [0.15, 0.2) is 5.82 Å². The molecule has 2 atom stereocenters. The zero-order chi connectivity index (χ0) is 14.9. The van der Waals surface area contributed by atoms with Crippen LogP contribution in [0.25, 0.3) is 5.52 Å². The first-order valence-corrected chi connectivity index (χ1v) is 8.32. The predicted molar refractivity (Wildman–Crippen MR) is 83.7 cm³/mol. The number of hydrogen-bond acceptors (Lipinski definition) is 4. The number of nitrogens with zero attached hydrogens (tertiary/aromatic N) is 3. The van der Waals surface area contributed by atoms with Crippen molar-refractivity contribution in [2.45, 2.75) is 38.4 Å². The van der Waals surface area contributed by atoms with Crippen LogP contribution in [-0.4, -0.2) is 36.9 Å². The van der Waals surface area contributed by atoms with Crippen molar-refractivity contribution in [3.63, 3.8) is 0 Å². The molecule has 1 N–H and O–H groups in total. The van der Waals surface area contributed by atoms with Crippen LogP contribution in [0.4, 0.5) is 5.82 Å². The maximum atomic E-state index is 11.4. The third-order valence-corrected chi connectivity index (χ3v) is 4.58. The lowest BCUT2D eigenvalue weighted by Gasteiger charge is -2.13. The molecular formula is C14H22N4OS. The summed E-state index contributed by atoms with van der Waals surface area (Å²) < 4.78 is 13.2. The Morgan fingerprint density at radius 2 is 2.15 bits per heavy atom. The van der Waals surface area contributed by atoms with Crippen LogP contribution in [0.3, 0.4) is 0 Å². The molecule has 2 unspecified atom stereocenters. The largest absolute Gasteiger partial charge is 0.367 e. The Kier molecular flexibility index (Phi) is 4.13. The van der Waals surface area contributed by atoms with E-state index in [1.165, 1.54) is 0 Å². The SMILES string of the molecule is CC(CNc1nccn2nc(C(C)(C)C)cc12)S(C)=O. The Morgan fingerprint density at radius 3 is 2.75 bits per heavy atom. The van der Waals surface area contributed by atoms with E-state index in [1.54, 1.807) is 12.5 Å². The second kappa shape index (κ2) is 5.52. The molecule has 2 rings (SSSR count). The van der Waals surface area contributed by atoms with Crippen LogP contribution < -0.4 is 5.32 Å². The first-order valence-electron chi connectivity index (χ1n) is 6.70. The van der Waals surface area contributed by atoms with Crippen molar-refractivity contribution in [2.24, 2.45) is 0 Å². The van der Waals surface area contributed by atoms with Gasteiger partial charge in [0.1, 0.15) is 5.52 Å². The summed E-state index contributed by atoms with van der Waals surface area (Å²) >= 11 is 0. The number of aromatic nitrogens is 3. The van der Waals surface area contributed by atoms with Gasteiger partial charge in [-0.3, -0.25) is 4.21 Å². The summed E-state index contributed by atoms with van der Waals surface area (Å²) in [5.74, 6) is 0.785. The molecule has 0 amide bonds. The molecule has 0 aliphatic rings. The van der Waals surface area contributed by atoms with E-state index in [0.29, 0.717) is 6.54 Å². The van der Waals surface area contributed by atoms with Crippen LogP contribution in [0.2, 0.25) is 0 Å². The predicted octanol–water partition coefficient (Wildman–Crippen LogP) is 2.21. The number of fused-ring (bicyclic) bond motifs is 1. The van der Waals surface area contributed by atoms with Gasteiger partial charge in [0.25, 0.3) is 0 Å². The van der Waals surface area contributed by atoms with E-state index in [2.05, 4.69) is 42.2 Å². The standard InChI is InChI=1S/C14H22N4OS/c1-10(20(5)19)9-16-13-11-8-12(14(2,3)4)17-18(11)7-6-15-13/h6-8,10H,9H2,1-5H3,(H,15,16). The lowest BCUT2D eigenvalue weighted by molar-refractivity contribution is 0.562. The number of rotatable bonds is 4. The van der Waals surface area contributed by atoms with Gasteiger partial charge in [0.2, 0.25) is 0 Å². The van der Waals surface area contributed by atoms with Crippen molar-refractivity contribution in [1.29, 1.82) is 0 Å². The zero-order valence-corrected chi connectivity index (χ0v) is 13.5. The van der Waals surface area contributed by atoms with Crippen LogP contribution in [0.15, 0.2) is 18.5 Å². The van der Waals surface area contributed by atoms with Crippen LogP contribution >= 0.6 is 0 Å². The minimum absolute atomic E-state index is 0.00149. The second-order valence-electron chi connectivity index (χ2n) is 6.08. The summed E-state index contributed by atoms with van der Waals surface area (Å²) in [6.45, 7) is 9.00. The Morgan fingerprint density at radius 1 is 1.45 bits per heavy atom. The van der Waals surface area contributed by atoms with Crippen LogP contribution in [0.5, 0.6) is 0 Å². The minimum Gasteiger partial charge on any atom is -0.367 e. The summed E-state index contributed by atoms with van der Waals surface area (Å²) in [6.07, 6.45) is 5.29. The van der Waals surface area contributed by atoms with E-state index in [-0.39, 0.29) is 10.7 Å². The topological polar surface area (TPSA) is 59.3 Å². The highest BCUT2D eigenvalue weighted by molar-refractivity contribution is 7.84. The molecule has 6 heteroatoms. The van der Waals surface area contributed by atoms with Crippen molar-refractivity contribution in [3.05, 3.63) is 24.2 Å². The molecule has 110 valence electrons. The average Bonchev–Trinajstić information content (AvgIpc) is 2.79. The maximum absolute atomic E-state index is 11.4. The summed E-state index contributed by atoms with van der Waals surface area (Å²) in [5, 5.41) is 7.94. The van der Waals surface area contributed by atoms with E-state index in [4.69, 9.17) is 0 Å². The monoisotopic (exact) mass is 294 g/mol. The molecule has 0 fully saturated rings. The molecule has 0 saturated carbocycles. The lowest BCUT2D eigenvalue weighted by atomic mass is 9.92. The fraction of sp³-hybridized carbons (Fsp3) is 0.571. The quantitative estimate of drug-likeness (QED) is 0.939. The number of anilines is 1. The molecule has 0 aliphatic heterocycles. The molecule has 2 aromatic rings. The highest BCUT2D eigenvalue weighted by Crippen LogP contribution is 2.24. The molecule has 0 radical (unpaired) electrons. The first kappa shape index (κ1) is 15.0. The van der Waals surface area contributed by atoms with Gasteiger partial charge in [0.05, 0.1) is 5.69 Å². The molecule has 0 saturated heterocycles. The molecule has 2 aromatic heterocycles. The van der Waals surface area contributed by atoms with Gasteiger partial charge in [-0.25, -0.2) is 9.50 Å². The van der Waals surface area contributed by atoms with Gasteiger partial charge in [-0.15, -0.1) is 0 Å². The third-order valence-electron chi connectivity index (χ3n) is 3.28. The number of hydrogen-bond donors (Lipinski definition) is 1. The minimum atomic E-state index is -0.839. The van der Waals surface area contributed by atoms with Crippen molar-refractivity contribution < 1.29 is 4.21 Å². The van der Waals surface area contributed by atoms with Crippen molar-refractivity contribution in [1.82, 2.24) is 14.6 Å². The summed E-state index contributed by atoms with van der Waals surface area (Å²) in [7, 11) is -0.839. The average molecular weight is 294 g/mol. The van der Waals surface area contributed by atoms with Crippen LogP contribution in [-0.2, 0) is 16.2 Å². The molecule has 0 aliphatic carbocycles. The zero-order valence-electron chi connectivity index (χ0n) is 12.7. The van der Waals surface area contributed by atoms with E-state index in [9.17, 15) is 4.21 Å². The van der Waals surface area contributed by atoms with Gasteiger partial charge in [-0.05, 0) is 13.0 Å². The Labute approximate surface area is 122 Å². The smallest absolute Gasteiger partial charge is 0.152 e. The van der Waals surface area contributed by atoms with Gasteiger partial charge < -0.3 is 5.32 Å². The highest BCUT2D eigenvalue weighted by atomic mass is 32.2. The van der Waals surface area contributed by atoms with E-state index in [0.717, 1.165) is 17.0 Å². The van der Waals surface area contributed by atoms with Crippen molar-refractivity contribution >= 4 is 22.1 Å². The Bertz CT molecular complexity index is 630. The van der Waals surface area contributed by atoms with Gasteiger partial charge in [0, 0.05) is 46.7 Å². The molecule has 0 spiro atoms.